The molecule has 0 bridgehead atoms. The lowest BCUT2D eigenvalue weighted by molar-refractivity contribution is -0.0693. The quantitative estimate of drug-likeness (QED) is 0.651. The predicted octanol–water partition coefficient (Wildman–Crippen LogP) is 2.67. The molecule has 1 heterocycles. The van der Waals surface area contributed by atoms with Crippen molar-refractivity contribution in [3.05, 3.63) is 29.6 Å². The molecule has 0 radical (unpaired) electrons. The van der Waals surface area contributed by atoms with Crippen LogP contribution in [0.4, 0.5) is 27.6 Å². The molecule has 1 aromatic rings. The molecular formula is C15H16F5N3O. The molecule has 4 nitrogen and oxygen atoms in total. The van der Waals surface area contributed by atoms with E-state index in [1.54, 1.807) is 0 Å². The molecule has 132 valence electrons. The number of nitrogens with two attached hydrogens (primary N) is 2. The Bertz CT molecular complexity index is 698. The summed E-state index contributed by atoms with van der Waals surface area (Å²) in [6, 6.07) is 2.67. The Kier molecular flexibility index (Phi) is 3.65. The molecule has 3 atom stereocenters. The van der Waals surface area contributed by atoms with Crippen LogP contribution in [-0.2, 0) is 10.3 Å². The summed E-state index contributed by atoms with van der Waals surface area (Å²) in [5.41, 5.74) is 6.71. The number of anilines is 1. The predicted molar refractivity (Wildman–Crippen MR) is 77.5 cm³/mol. The molecule has 3 unspecified atom stereocenters. The molecule has 1 aromatic carbocycles. The minimum Gasteiger partial charge on any atom is -0.455 e. The molecule has 1 aliphatic heterocycles. The van der Waals surface area contributed by atoms with Gasteiger partial charge < -0.3 is 16.2 Å². The van der Waals surface area contributed by atoms with E-state index in [-0.39, 0.29) is 11.3 Å². The second kappa shape index (κ2) is 5.22. The topological polar surface area (TPSA) is 73.6 Å². The molecule has 0 amide bonds. The molecule has 0 aromatic heterocycles. The van der Waals surface area contributed by atoms with Gasteiger partial charge in [-0.1, -0.05) is 0 Å². The van der Waals surface area contributed by atoms with Gasteiger partial charge in [0.2, 0.25) is 0 Å². The SMILES string of the molecule is NC1=NC(CF)(c2cc(N)ccc2F)C2CC(F)(F)CC2(CF)O1. The van der Waals surface area contributed by atoms with Crippen molar-refractivity contribution in [2.75, 3.05) is 19.1 Å². The van der Waals surface area contributed by atoms with Gasteiger partial charge in [0.25, 0.3) is 11.9 Å². The Morgan fingerprint density at radius 3 is 2.54 bits per heavy atom. The second-order valence-corrected chi connectivity index (χ2v) is 6.34. The Morgan fingerprint density at radius 1 is 1.21 bits per heavy atom. The first-order valence-corrected chi connectivity index (χ1v) is 7.28. The van der Waals surface area contributed by atoms with Crippen molar-refractivity contribution in [1.82, 2.24) is 0 Å². The number of ether oxygens (including phenoxy) is 1. The average Bonchev–Trinajstić information content (AvgIpc) is 2.80. The number of rotatable bonds is 3. The number of amidine groups is 1. The van der Waals surface area contributed by atoms with E-state index in [1.165, 1.54) is 6.07 Å². The Morgan fingerprint density at radius 2 is 1.92 bits per heavy atom. The van der Waals surface area contributed by atoms with Gasteiger partial charge in [-0.2, -0.15) is 0 Å². The van der Waals surface area contributed by atoms with Gasteiger partial charge in [0.15, 0.2) is 5.60 Å². The lowest BCUT2D eigenvalue weighted by Crippen LogP contribution is -2.57. The normalized spacial score (nSPS) is 34.4. The molecule has 1 fully saturated rings. The molecule has 9 heteroatoms. The van der Waals surface area contributed by atoms with Crippen LogP contribution in [0.3, 0.4) is 0 Å². The van der Waals surface area contributed by atoms with Crippen LogP contribution >= 0.6 is 0 Å². The largest absolute Gasteiger partial charge is 0.455 e. The summed E-state index contributed by atoms with van der Waals surface area (Å²) in [5.74, 6) is -5.63. The van der Waals surface area contributed by atoms with E-state index < -0.39 is 61.0 Å². The minimum atomic E-state index is -3.31. The number of benzene rings is 1. The summed E-state index contributed by atoms with van der Waals surface area (Å²) in [6.45, 7) is -2.67. The third-order valence-electron chi connectivity index (χ3n) is 4.78. The van der Waals surface area contributed by atoms with Crippen LogP contribution in [0.15, 0.2) is 23.2 Å². The Balaban J connectivity index is 2.25. The highest BCUT2D eigenvalue weighted by molar-refractivity contribution is 5.74. The fraction of sp³-hybridized carbons (Fsp3) is 0.533. The van der Waals surface area contributed by atoms with Crippen LogP contribution in [0.2, 0.25) is 0 Å². The van der Waals surface area contributed by atoms with Crippen LogP contribution in [0.25, 0.3) is 0 Å². The number of halogens is 5. The third-order valence-corrected chi connectivity index (χ3v) is 4.78. The maximum atomic E-state index is 14.3. The van der Waals surface area contributed by atoms with Crippen molar-refractivity contribution in [1.29, 1.82) is 0 Å². The van der Waals surface area contributed by atoms with Crippen molar-refractivity contribution in [2.24, 2.45) is 16.6 Å². The molecule has 24 heavy (non-hydrogen) atoms. The molecular weight excluding hydrogens is 333 g/mol. The Hall–Kier alpha value is -2.06. The van der Waals surface area contributed by atoms with E-state index in [9.17, 15) is 22.0 Å². The number of hydrogen-bond acceptors (Lipinski definition) is 4. The monoisotopic (exact) mass is 349 g/mol. The summed E-state index contributed by atoms with van der Waals surface area (Å²) in [5, 5.41) is 0. The number of aliphatic imine (C=N–C) groups is 1. The molecule has 3 rings (SSSR count). The minimum absolute atomic E-state index is 0.0927. The molecule has 2 aliphatic rings. The van der Waals surface area contributed by atoms with Crippen LogP contribution in [-0.4, -0.2) is 30.9 Å². The lowest BCUT2D eigenvalue weighted by Gasteiger charge is -2.46. The average molecular weight is 349 g/mol. The number of nitrogens with zero attached hydrogens (tertiary/aromatic N) is 1. The van der Waals surface area contributed by atoms with Gasteiger partial charge in [-0.15, -0.1) is 0 Å². The summed E-state index contributed by atoms with van der Waals surface area (Å²) < 4.78 is 75.2. The maximum absolute atomic E-state index is 14.3. The van der Waals surface area contributed by atoms with E-state index in [0.717, 1.165) is 12.1 Å². The number of alkyl halides is 4. The summed E-state index contributed by atoms with van der Waals surface area (Å²) in [6.07, 6.45) is -1.88. The van der Waals surface area contributed by atoms with Gasteiger partial charge in [0, 0.05) is 23.6 Å². The molecule has 1 saturated carbocycles. The van der Waals surface area contributed by atoms with Crippen molar-refractivity contribution in [3.8, 4) is 0 Å². The molecule has 4 N–H and O–H groups in total. The first-order valence-electron chi connectivity index (χ1n) is 7.28. The van der Waals surface area contributed by atoms with E-state index in [2.05, 4.69) is 4.99 Å². The Labute approximate surface area is 134 Å². The van der Waals surface area contributed by atoms with Crippen molar-refractivity contribution in [2.45, 2.75) is 29.9 Å². The van der Waals surface area contributed by atoms with Crippen molar-refractivity contribution < 1.29 is 26.7 Å². The molecule has 0 spiro atoms. The fourth-order valence-electron chi connectivity index (χ4n) is 3.82. The number of nitrogen functional groups attached to an aromatic ring is 1. The smallest absolute Gasteiger partial charge is 0.283 e. The van der Waals surface area contributed by atoms with Gasteiger partial charge >= 0.3 is 0 Å². The highest BCUT2D eigenvalue weighted by Gasteiger charge is 2.68. The lowest BCUT2D eigenvalue weighted by atomic mass is 9.71. The number of fused-ring (bicyclic) bond motifs is 1. The zero-order chi connectivity index (χ0) is 17.8. The fourth-order valence-corrected chi connectivity index (χ4v) is 3.82. The van der Waals surface area contributed by atoms with Gasteiger partial charge in [-0.3, -0.25) is 0 Å². The van der Waals surface area contributed by atoms with E-state index in [0.29, 0.717) is 0 Å². The van der Waals surface area contributed by atoms with E-state index >= 15 is 0 Å². The highest BCUT2D eigenvalue weighted by atomic mass is 19.3. The number of hydrogen-bond donors (Lipinski definition) is 2. The molecule has 0 saturated heterocycles. The van der Waals surface area contributed by atoms with Crippen molar-refractivity contribution in [3.63, 3.8) is 0 Å². The van der Waals surface area contributed by atoms with Crippen LogP contribution < -0.4 is 11.5 Å². The zero-order valence-corrected chi connectivity index (χ0v) is 12.5. The van der Waals surface area contributed by atoms with Crippen LogP contribution in [0.1, 0.15) is 18.4 Å². The van der Waals surface area contributed by atoms with E-state index in [4.69, 9.17) is 16.2 Å². The van der Waals surface area contributed by atoms with Gasteiger partial charge in [-0.25, -0.2) is 26.9 Å². The summed E-state index contributed by atoms with van der Waals surface area (Å²) in [7, 11) is 0. The van der Waals surface area contributed by atoms with Gasteiger partial charge in [0.1, 0.15) is 24.7 Å². The summed E-state index contributed by atoms with van der Waals surface area (Å²) >= 11 is 0. The first-order chi connectivity index (χ1) is 11.2. The maximum Gasteiger partial charge on any atom is 0.283 e. The first kappa shape index (κ1) is 16.8. The third kappa shape index (κ3) is 2.29. The van der Waals surface area contributed by atoms with Gasteiger partial charge in [-0.05, 0) is 18.2 Å². The standard InChI is InChI=1S/C15H16F5N3O/c16-6-13-5-14(19,20)4-11(13)15(7-17,23-12(22)24-13)9-3-8(21)1-2-10(9)18/h1-3,11H,4-7,21H2,(H2,22,23). The van der Waals surface area contributed by atoms with E-state index in [1.807, 2.05) is 0 Å². The zero-order valence-electron chi connectivity index (χ0n) is 12.5. The summed E-state index contributed by atoms with van der Waals surface area (Å²) in [4.78, 5) is 3.81. The van der Waals surface area contributed by atoms with Crippen LogP contribution in [0, 0.1) is 11.7 Å². The van der Waals surface area contributed by atoms with Crippen molar-refractivity contribution >= 4 is 11.7 Å². The van der Waals surface area contributed by atoms with Gasteiger partial charge in [0.05, 0.1) is 6.42 Å². The second-order valence-electron chi connectivity index (χ2n) is 6.34. The highest BCUT2D eigenvalue weighted by Crippen LogP contribution is 2.58. The van der Waals surface area contributed by atoms with Crippen LogP contribution in [0.5, 0.6) is 0 Å². The molecule has 1 aliphatic carbocycles.